The molecular formula is C14H15NO6. The van der Waals surface area contributed by atoms with Crippen LogP contribution in [0, 0.1) is 0 Å². The van der Waals surface area contributed by atoms with E-state index in [1.54, 1.807) is 18.2 Å². The van der Waals surface area contributed by atoms with Crippen molar-refractivity contribution >= 4 is 18.0 Å². The first-order valence-electron chi connectivity index (χ1n) is 6.03. The highest BCUT2D eigenvalue weighted by molar-refractivity contribution is 5.89. The van der Waals surface area contributed by atoms with Crippen LogP contribution >= 0.6 is 0 Å². The predicted molar refractivity (Wildman–Crippen MR) is 72.7 cm³/mol. The fraction of sp³-hybridized carbons (Fsp3) is 0.214. The molecule has 1 rings (SSSR count). The molecule has 1 aromatic rings. The molecule has 1 aromatic carbocycles. The van der Waals surface area contributed by atoms with Crippen LogP contribution in [0.4, 0.5) is 4.79 Å². The van der Waals surface area contributed by atoms with Crippen LogP contribution in [0.5, 0.6) is 0 Å². The summed E-state index contributed by atoms with van der Waals surface area (Å²) in [6.45, 7) is 2.84. The minimum atomic E-state index is -1.10. The number of hydrogen-bond donors (Lipinski definition) is 2. The highest BCUT2D eigenvalue weighted by atomic mass is 16.6. The first-order valence-corrected chi connectivity index (χ1v) is 6.03. The summed E-state index contributed by atoms with van der Waals surface area (Å²) >= 11 is 0. The van der Waals surface area contributed by atoms with Crippen LogP contribution in [-0.2, 0) is 20.9 Å². The van der Waals surface area contributed by atoms with Gasteiger partial charge in [-0.25, -0.2) is 9.59 Å². The Morgan fingerprint density at radius 3 is 2.62 bits per heavy atom. The maximum atomic E-state index is 11.4. The van der Waals surface area contributed by atoms with Crippen LogP contribution in [0.15, 0.2) is 36.9 Å². The Labute approximate surface area is 121 Å². The van der Waals surface area contributed by atoms with Crippen molar-refractivity contribution in [3.05, 3.63) is 48.0 Å². The normalized spacial score (nSPS) is 9.52. The zero-order chi connectivity index (χ0) is 15.7. The van der Waals surface area contributed by atoms with Crippen LogP contribution in [0.25, 0.3) is 0 Å². The number of carboxylic acids is 1. The molecule has 0 aliphatic carbocycles. The Morgan fingerprint density at radius 1 is 1.24 bits per heavy atom. The van der Waals surface area contributed by atoms with Gasteiger partial charge in [0.2, 0.25) is 0 Å². The summed E-state index contributed by atoms with van der Waals surface area (Å²) in [4.78, 5) is 33.4. The molecule has 0 radical (unpaired) electrons. The van der Waals surface area contributed by atoms with Crippen LogP contribution in [-0.4, -0.2) is 36.3 Å². The fourth-order valence-electron chi connectivity index (χ4n) is 1.39. The maximum Gasteiger partial charge on any atom is 0.407 e. The van der Waals surface area contributed by atoms with Crippen LogP contribution in [0.2, 0.25) is 0 Å². The molecule has 112 valence electrons. The molecule has 21 heavy (non-hydrogen) atoms. The fourth-order valence-corrected chi connectivity index (χ4v) is 1.39. The molecule has 0 fully saturated rings. The lowest BCUT2D eigenvalue weighted by Crippen LogP contribution is -2.31. The van der Waals surface area contributed by atoms with Crippen LogP contribution < -0.4 is 5.32 Å². The van der Waals surface area contributed by atoms with Gasteiger partial charge in [-0.2, -0.15) is 0 Å². The van der Waals surface area contributed by atoms with Crippen LogP contribution in [0.1, 0.15) is 15.9 Å². The van der Waals surface area contributed by atoms with Gasteiger partial charge in [0.15, 0.2) is 0 Å². The lowest BCUT2D eigenvalue weighted by atomic mass is 10.1. The van der Waals surface area contributed by atoms with E-state index < -0.39 is 18.0 Å². The molecule has 0 aliphatic rings. The number of hydrogen-bond acceptors (Lipinski definition) is 5. The molecule has 0 atom stereocenters. The van der Waals surface area contributed by atoms with E-state index in [1.807, 2.05) is 0 Å². The van der Waals surface area contributed by atoms with Gasteiger partial charge in [0.25, 0.3) is 0 Å². The number of carbonyl (C=O) groups excluding carboxylic acids is 2. The van der Waals surface area contributed by atoms with Crippen molar-refractivity contribution in [2.24, 2.45) is 0 Å². The topological polar surface area (TPSA) is 102 Å². The third kappa shape index (κ3) is 5.77. The van der Waals surface area contributed by atoms with E-state index in [0.717, 1.165) is 0 Å². The molecule has 0 unspecified atom stereocenters. The van der Waals surface area contributed by atoms with E-state index in [1.165, 1.54) is 12.1 Å². The maximum absolute atomic E-state index is 11.4. The van der Waals surface area contributed by atoms with Gasteiger partial charge in [-0.1, -0.05) is 30.9 Å². The lowest BCUT2D eigenvalue weighted by Gasteiger charge is -2.08. The number of alkyl carbamates (subject to hydrolysis) is 1. The monoisotopic (exact) mass is 293 g/mol. The first kappa shape index (κ1) is 16.2. The van der Waals surface area contributed by atoms with Gasteiger partial charge in [0.1, 0.15) is 19.8 Å². The van der Waals surface area contributed by atoms with Gasteiger partial charge < -0.3 is 19.9 Å². The number of amides is 1. The molecule has 0 bridgehead atoms. The van der Waals surface area contributed by atoms with Gasteiger partial charge in [-0.05, 0) is 6.07 Å². The Morgan fingerprint density at radius 2 is 1.95 bits per heavy atom. The van der Waals surface area contributed by atoms with Gasteiger partial charge in [-0.3, -0.25) is 4.79 Å². The summed E-state index contributed by atoms with van der Waals surface area (Å²) < 4.78 is 9.48. The summed E-state index contributed by atoms with van der Waals surface area (Å²) in [7, 11) is 0. The predicted octanol–water partition coefficient (Wildman–Crippen LogP) is 1.34. The largest absolute Gasteiger partial charge is 0.478 e. The van der Waals surface area contributed by atoms with Crippen molar-refractivity contribution in [3.8, 4) is 0 Å². The molecule has 0 spiro atoms. The summed E-state index contributed by atoms with van der Waals surface area (Å²) in [6.07, 6.45) is 0.624. The lowest BCUT2D eigenvalue weighted by molar-refractivity contribution is -0.143. The smallest absolute Gasteiger partial charge is 0.407 e. The van der Waals surface area contributed by atoms with Gasteiger partial charge in [-0.15, -0.1) is 0 Å². The molecule has 0 saturated carbocycles. The Hall–Kier alpha value is -2.83. The van der Waals surface area contributed by atoms with E-state index in [0.29, 0.717) is 5.56 Å². The third-order valence-electron chi connectivity index (χ3n) is 2.35. The number of ether oxygens (including phenoxy) is 2. The van der Waals surface area contributed by atoms with Crippen molar-refractivity contribution in [3.63, 3.8) is 0 Å². The van der Waals surface area contributed by atoms with Crippen molar-refractivity contribution < 1.29 is 29.0 Å². The first-order chi connectivity index (χ1) is 10.0. The molecule has 0 aromatic heterocycles. The van der Waals surface area contributed by atoms with Crippen molar-refractivity contribution in [2.75, 3.05) is 13.2 Å². The minimum absolute atomic E-state index is 0.0346. The second-order valence-electron chi connectivity index (χ2n) is 3.86. The number of carbonyl (C=O) groups is 3. The van der Waals surface area contributed by atoms with Crippen molar-refractivity contribution in [1.82, 2.24) is 5.32 Å². The molecule has 2 N–H and O–H groups in total. The highest BCUT2D eigenvalue weighted by Gasteiger charge is 2.12. The SMILES string of the molecule is C=CCOC(=O)NCC(=O)OCc1ccccc1C(=O)O. The van der Waals surface area contributed by atoms with Gasteiger partial charge in [0.05, 0.1) is 5.56 Å². The molecular weight excluding hydrogens is 278 g/mol. The number of carboxylic acid groups (broad SMARTS) is 1. The van der Waals surface area contributed by atoms with E-state index in [4.69, 9.17) is 9.84 Å². The molecule has 7 heteroatoms. The zero-order valence-corrected chi connectivity index (χ0v) is 11.2. The molecule has 0 aliphatic heterocycles. The van der Waals surface area contributed by atoms with E-state index in [9.17, 15) is 14.4 Å². The Kier molecular flexibility index (Phi) is 6.46. The summed E-state index contributed by atoms with van der Waals surface area (Å²) in [5.41, 5.74) is 0.427. The van der Waals surface area contributed by atoms with Gasteiger partial charge in [0, 0.05) is 5.56 Å². The van der Waals surface area contributed by atoms with Crippen molar-refractivity contribution in [2.45, 2.75) is 6.61 Å². The number of benzene rings is 1. The molecule has 0 heterocycles. The standard InChI is InChI=1S/C14H15NO6/c1-2-7-20-14(19)15-8-12(16)21-9-10-5-3-4-6-11(10)13(17)18/h2-6H,1,7-9H2,(H,15,19)(H,17,18). The van der Waals surface area contributed by atoms with E-state index in [2.05, 4.69) is 16.6 Å². The number of rotatable bonds is 7. The van der Waals surface area contributed by atoms with E-state index >= 15 is 0 Å². The number of nitrogens with one attached hydrogen (secondary N) is 1. The molecule has 0 saturated heterocycles. The Bertz CT molecular complexity index is 540. The average Bonchev–Trinajstić information content (AvgIpc) is 2.48. The second kappa shape index (κ2) is 8.36. The number of aromatic carboxylic acids is 1. The quantitative estimate of drug-likeness (QED) is 0.581. The summed E-state index contributed by atoms with van der Waals surface area (Å²) in [5, 5.41) is 11.2. The molecule has 7 nitrogen and oxygen atoms in total. The third-order valence-corrected chi connectivity index (χ3v) is 2.35. The number of esters is 1. The second-order valence-corrected chi connectivity index (χ2v) is 3.86. The van der Waals surface area contributed by atoms with Crippen molar-refractivity contribution in [1.29, 1.82) is 0 Å². The molecule has 1 amide bonds. The van der Waals surface area contributed by atoms with Gasteiger partial charge >= 0.3 is 18.0 Å². The van der Waals surface area contributed by atoms with E-state index in [-0.39, 0.29) is 25.3 Å². The zero-order valence-electron chi connectivity index (χ0n) is 11.2. The van der Waals surface area contributed by atoms with Crippen LogP contribution in [0.3, 0.4) is 0 Å². The minimum Gasteiger partial charge on any atom is -0.478 e. The summed E-state index contributed by atoms with van der Waals surface area (Å²) in [5.74, 6) is -1.81. The Balaban J connectivity index is 2.41. The summed E-state index contributed by atoms with van der Waals surface area (Å²) in [6, 6.07) is 6.17. The average molecular weight is 293 g/mol. The highest BCUT2D eigenvalue weighted by Crippen LogP contribution is 2.10.